The monoisotopic (exact) mass is 248 g/mol. The minimum atomic E-state index is -0.381. The number of esters is 1. The third-order valence-electron chi connectivity index (χ3n) is 1.63. The molecule has 0 aromatic heterocycles. The van der Waals surface area contributed by atoms with Gasteiger partial charge in [0.2, 0.25) is 0 Å². The van der Waals surface area contributed by atoms with Crippen molar-refractivity contribution in [1.82, 2.24) is 0 Å². The number of hydrogen-bond donors (Lipinski definition) is 1. The number of carbonyl (C=O) groups excluding carboxylic acids is 1. The molecule has 0 spiro atoms. The average Bonchev–Trinajstić information content (AvgIpc) is 2.26. The van der Waals surface area contributed by atoms with Gasteiger partial charge in [-0.1, -0.05) is 6.58 Å². The molecule has 0 saturated heterocycles. The Morgan fingerprint density at radius 3 is 2.25 bits per heavy atom. The van der Waals surface area contributed by atoms with Gasteiger partial charge in [-0.25, -0.2) is 4.79 Å². The van der Waals surface area contributed by atoms with Crippen LogP contribution in [0.1, 0.15) is 13.3 Å². The van der Waals surface area contributed by atoms with Gasteiger partial charge in [-0.15, -0.1) is 0 Å². The Balaban J connectivity index is 3.10. The van der Waals surface area contributed by atoms with Crippen LogP contribution in [0.25, 0.3) is 0 Å². The second-order valence-electron chi connectivity index (χ2n) is 3.22. The molecule has 0 fully saturated rings. The largest absolute Gasteiger partial charge is 0.460 e. The molecule has 0 atom stereocenters. The summed E-state index contributed by atoms with van der Waals surface area (Å²) in [6.07, 6.45) is 0.944. The van der Waals surface area contributed by atoms with Crippen molar-refractivity contribution in [2.75, 3.05) is 38.8 Å². The molecule has 0 aliphatic heterocycles. The summed E-state index contributed by atoms with van der Waals surface area (Å²) < 4.78 is 15.3. The van der Waals surface area contributed by atoms with Crippen molar-refractivity contribution in [3.8, 4) is 0 Å². The Hall–Kier alpha value is -0.520. The molecule has 4 nitrogen and oxygen atoms in total. The van der Waals surface area contributed by atoms with E-state index in [2.05, 4.69) is 19.2 Å². The van der Waals surface area contributed by atoms with Crippen molar-refractivity contribution in [3.63, 3.8) is 0 Å². The summed E-state index contributed by atoms with van der Waals surface area (Å²) in [4.78, 5) is 10.9. The standard InChI is InChI=1S/C11H20O4S/c1-10(2)11(12)15-8-7-14-6-5-13-4-3-9-16/h16H,1,3-9H2,2H3. The fourth-order valence-electron chi connectivity index (χ4n) is 0.805. The van der Waals surface area contributed by atoms with Gasteiger partial charge in [-0.2, -0.15) is 12.6 Å². The zero-order valence-electron chi connectivity index (χ0n) is 9.74. The van der Waals surface area contributed by atoms with E-state index in [1.807, 2.05) is 0 Å². The van der Waals surface area contributed by atoms with E-state index in [1.54, 1.807) is 6.92 Å². The third kappa shape index (κ3) is 10.0. The molecular weight excluding hydrogens is 228 g/mol. The van der Waals surface area contributed by atoms with Crippen molar-refractivity contribution < 1.29 is 19.0 Å². The molecule has 0 aromatic carbocycles. The predicted molar refractivity (Wildman–Crippen MR) is 65.9 cm³/mol. The molecule has 5 heteroatoms. The van der Waals surface area contributed by atoms with Crippen molar-refractivity contribution in [2.24, 2.45) is 0 Å². The maximum Gasteiger partial charge on any atom is 0.333 e. The lowest BCUT2D eigenvalue weighted by molar-refractivity contribution is -0.140. The van der Waals surface area contributed by atoms with E-state index >= 15 is 0 Å². The number of ether oxygens (including phenoxy) is 3. The predicted octanol–water partition coefficient (Wildman–Crippen LogP) is 1.46. The Labute approximate surface area is 102 Å². The molecule has 0 aliphatic carbocycles. The van der Waals surface area contributed by atoms with Gasteiger partial charge in [0.05, 0.1) is 19.8 Å². The second kappa shape index (κ2) is 11.0. The van der Waals surface area contributed by atoms with Crippen LogP contribution in [0.4, 0.5) is 0 Å². The zero-order chi connectivity index (χ0) is 12.2. The molecule has 0 radical (unpaired) electrons. The number of carbonyl (C=O) groups is 1. The van der Waals surface area contributed by atoms with E-state index in [0.29, 0.717) is 32.0 Å². The van der Waals surface area contributed by atoms with Gasteiger partial charge in [0.25, 0.3) is 0 Å². The van der Waals surface area contributed by atoms with E-state index < -0.39 is 0 Å². The average molecular weight is 248 g/mol. The van der Waals surface area contributed by atoms with Crippen molar-refractivity contribution in [2.45, 2.75) is 13.3 Å². The Morgan fingerprint density at radius 1 is 1.12 bits per heavy atom. The van der Waals surface area contributed by atoms with Gasteiger partial charge in [0, 0.05) is 12.2 Å². The molecule has 0 aromatic rings. The lowest BCUT2D eigenvalue weighted by atomic mass is 10.4. The van der Waals surface area contributed by atoms with Gasteiger partial charge in [-0.3, -0.25) is 0 Å². The van der Waals surface area contributed by atoms with Crippen LogP contribution in [0.5, 0.6) is 0 Å². The molecule has 0 heterocycles. The molecule has 0 saturated carbocycles. The van der Waals surface area contributed by atoms with Crippen LogP contribution < -0.4 is 0 Å². The molecule has 0 aliphatic rings. The Kier molecular flexibility index (Phi) is 10.6. The first-order valence-electron chi connectivity index (χ1n) is 5.27. The Bertz CT molecular complexity index is 206. The summed E-state index contributed by atoms with van der Waals surface area (Å²) in [7, 11) is 0. The molecule has 94 valence electrons. The van der Waals surface area contributed by atoms with E-state index in [0.717, 1.165) is 12.2 Å². The molecule has 0 bridgehead atoms. The highest BCUT2D eigenvalue weighted by Gasteiger charge is 2.01. The quantitative estimate of drug-likeness (QED) is 0.275. The number of thiol groups is 1. The van der Waals surface area contributed by atoms with Crippen LogP contribution >= 0.6 is 12.6 Å². The Morgan fingerprint density at radius 2 is 1.69 bits per heavy atom. The van der Waals surface area contributed by atoms with Crippen LogP contribution in [0.2, 0.25) is 0 Å². The van der Waals surface area contributed by atoms with Gasteiger partial charge in [-0.05, 0) is 19.1 Å². The molecule has 16 heavy (non-hydrogen) atoms. The summed E-state index contributed by atoms with van der Waals surface area (Å²) in [5, 5.41) is 0. The van der Waals surface area contributed by atoms with E-state index in [9.17, 15) is 4.79 Å². The normalized spacial score (nSPS) is 10.1. The number of rotatable bonds is 10. The maximum absolute atomic E-state index is 10.9. The van der Waals surface area contributed by atoms with Crippen molar-refractivity contribution >= 4 is 18.6 Å². The first-order chi connectivity index (χ1) is 7.68. The van der Waals surface area contributed by atoms with Crippen LogP contribution in [0.15, 0.2) is 12.2 Å². The summed E-state index contributed by atoms with van der Waals surface area (Å²) >= 11 is 4.06. The molecular formula is C11H20O4S. The van der Waals surface area contributed by atoms with Gasteiger partial charge in [0.1, 0.15) is 6.61 Å². The molecule has 0 N–H and O–H groups in total. The van der Waals surface area contributed by atoms with Gasteiger partial charge in [0.15, 0.2) is 0 Å². The van der Waals surface area contributed by atoms with Crippen molar-refractivity contribution in [3.05, 3.63) is 12.2 Å². The zero-order valence-corrected chi connectivity index (χ0v) is 10.6. The topological polar surface area (TPSA) is 44.8 Å². The van der Waals surface area contributed by atoms with E-state index in [4.69, 9.17) is 14.2 Å². The van der Waals surface area contributed by atoms with E-state index in [1.165, 1.54) is 0 Å². The maximum atomic E-state index is 10.9. The van der Waals surface area contributed by atoms with Crippen LogP contribution in [-0.4, -0.2) is 44.8 Å². The van der Waals surface area contributed by atoms with Crippen LogP contribution in [0, 0.1) is 0 Å². The highest BCUT2D eigenvalue weighted by Crippen LogP contribution is 1.91. The number of hydrogen-bond acceptors (Lipinski definition) is 5. The highest BCUT2D eigenvalue weighted by atomic mass is 32.1. The summed E-state index contributed by atoms with van der Waals surface area (Å²) in [6, 6.07) is 0. The fraction of sp³-hybridized carbons (Fsp3) is 0.727. The van der Waals surface area contributed by atoms with E-state index in [-0.39, 0.29) is 12.6 Å². The highest BCUT2D eigenvalue weighted by molar-refractivity contribution is 7.80. The minimum Gasteiger partial charge on any atom is -0.460 e. The van der Waals surface area contributed by atoms with Gasteiger partial charge < -0.3 is 14.2 Å². The molecule has 0 rings (SSSR count). The summed E-state index contributed by atoms with van der Waals surface area (Å²) in [5.41, 5.74) is 0.398. The summed E-state index contributed by atoms with van der Waals surface area (Å²) in [5.74, 6) is 0.450. The van der Waals surface area contributed by atoms with Crippen molar-refractivity contribution in [1.29, 1.82) is 0 Å². The minimum absolute atomic E-state index is 0.252. The molecule has 0 unspecified atom stereocenters. The lowest BCUT2D eigenvalue weighted by Crippen LogP contribution is -2.13. The molecule has 0 amide bonds. The first-order valence-corrected chi connectivity index (χ1v) is 5.90. The van der Waals surface area contributed by atoms with Crippen LogP contribution in [-0.2, 0) is 19.0 Å². The fourth-order valence-corrected chi connectivity index (χ4v) is 0.934. The third-order valence-corrected chi connectivity index (χ3v) is 1.94. The van der Waals surface area contributed by atoms with Gasteiger partial charge >= 0.3 is 5.97 Å². The summed E-state index contributed by atoms with van der Waals surface area (Å²) in [6.45, 7) is 7.49. The van der Waals surface area contributed by atoms with Crippen LogP contribution in [0.3, 0.4) is 0 Å². The lowest BCUT2D eigenvalue weighted by Gasteiger charge is -2.06. The second-order valence-corrected chi connectivity index (χ2v) is 3.67. The smallest absolute Gasteiger partial charge is 0.333 e. The first kappa shape index (κ1) is 15.5. The SMILES string of the molecule is C=C(C)C(=O)OCCOCCOCCCS.